The van der Waals surface area contributed by atoms with Crippen LogP contribution in [0.1, 0.15) is 23.0 Å². The van der Waals surface area contributed by atoms with Crippen molar-refractivity contribution in [3.05, 3.63) is 70.1 Å². The third-order valence-corrected chi connectivity index (χ3v) is 5.78. The Labute approximate surface area is 167 Å². The van der Waals surface area contributed by atoms with E-state index in [4.69, 9.17) is 0 Å². The zero-order valence-corrected chi connectivity index (χ0v) is 16.8. The van der Waals surface area contributed by atoms with Crippen LogP contribution in [-0.4, -0.2) is 36.9 Å². The van der Waals surface area contributed by atoms with E-state index in [2.05, 4.69) is 20.3 Å². The number of benzene rings is 2. The van der Waals surface area contributed by atoms with E-state index in [9.17, 15) is 18.0 Å². The first-order chi connectivity index (χ1) is 13.7. The second-order valence-electron chi connectivity index (χ2n) is 6.19. The van der Waals surface area contributed by atoms with Gasteiger partial charge in [-0.3, -0.25) is 9.59 Å². The van der Waals surface area contributed by atoms with Crippen molar-refractivity contribution < 1.29 is 13.2 Å². The van der Waals surface area contributed by atoms with Gasteiger partial charge in [0.15, 0.2) is 5.69 Å². The average Bonchev–Trinajstić information content (AvgIpc) is 2.74. The minimum Gasteiger partial charge on any atom is -0.267 e. The van der Waals surface area contributed by atoms with Crippen LogP contribution < -0.4 is 15.7 Å². The van der Waals surface area contributed by atoms with E-state index < -0.39 is 15.9 Å². The average molecular weight is 413 g/mol. The van der Waals surface area contributed by atoms with Crippen molar-refractivity contribution in [1.82, 2.24) is 19.9 Å². The molecule has 1 amide bonds. The normalized spacial score (nSPS) is 12.2. The van der Waals surface area contributed by atoms with Crippen LogP contribution in [0.5, 0.6) is 0 Å². The Morgan fingerprint density at radius 2 is 1.69 bits per heavy atom. The third-order valence-electron chi connectivity index (χ3n) is 4.35. The first kappa shape index (κ1) is 20.4. The molecule has 150 valence electrons. The molecule has 2 N–H and O–H groups in total. The van der Waals surface area contributed by atoms with Crippen LogP contribution in [0.3, 0.4) is 0 Å². The Hall–Kier alpha value is -3.37. The Morgan fingerprint density at radius 3 is 2.31 bits per heavy atom. The van der Waals surface area contributed by atoms with Gasteiger partial charge in [-0.2, -0.15) is 10.2 Å². The molecule has 0 fully saturated rings. The van der Waals surface area contributed by atoms with Gasteiger partial charge in [-0.1, -0.05) is 30.3 Å². The SMILES string of the molecule is CNS(=O)(=O)c1ccc(/C(C)=N\NC(=O)c2nn(C)c(=O)c3ccccc23)cc1. The summed E-state index contributed by atoms with van der Waals surface area (Å²) >= 11 is 0. The second-order valence-corrected chi connectivity index (χ2v) is 8.08. The van der Waals surface area contributed by atoms with Gasteiger partial charge in [0.2, 0.25) is 10.0 Å². The molecule has 0 saturated heterocycles. The number of hydrogen-bond acceptors (Lipinski definition) is 6. The summed E-state index contributed by atoms with van der Waals surface area (Å²) in [6.07, 6.45) is 0. The summed E-state index contributed by atoms with van der Waals surface area (Å²) in [6, 6.07) is 12.8. The lowest BCUT2D eigenvalue weighted by Gasteiger charge is -2.08. The highest BCUT2D eigenvalue weighted by molar-refractivity contribution is 7.89. The van der Waals surface area contributed by atoms with Gasteiger partial charge < -0.3 is 0 Å². The van der Waals surface area contributed by atoms with Crippen molar-refractivity contribution >= 4 is 32.4 Å². The molecule has 29 heavy (non-hydrogen) atoms. The van der Waals surface area contributed by atoms with E-state index in [1.54, 1.807) is 43.3 Å². The molecule has 0 unspecified atom stereocenters. The van der Waals surface area contributed by atoms with Crippen molar-refractivity contribution in [3.63, 3.8) is 0 Å². The number of rotatable bonds is 5. The zero-order chi connectivity index (χ0) is 21.2. The molecule has 0 aliphatic rings. The largest absolute Gasteiger partial charge is 0.292 e. The number of amides is 1. The summed E-state index contributed by atoms with van der Waals surface area (Å²) in [5.74, 6) is -0.564. The quantitative estimate of drug-likeness (QED) is 0.477. The molecule has 0 bridgehead atoms. The van der Waals surface area contributed by atoms with Crippen LogP contribution in [0.2, 0.25) is 0 Å². The third kappa shape index (κ3) is 4.08. The Bertz CT molecular complexity index is 1280. The monoisotopic (exact) mass is 413 g/mol. The number of nitrogens with one attached hydrogen (secondary N) is 2. The maximum absolute atomic E-state index is 12.6. The van der Waals surface area contributed by atoms with Gasteiger partial charge in [0.05, 0.1) is 16.0 Å². The summed E-state index contributed by atoms with van der Waals surface area (Å²) in [5.41, 5.74) is 3.32. The van der Waals surface area contributed by atoms with Crippen LogP contribution >= 0.6 is 0 Å². The van der Waals surface area contributed by atoms with Crippen molar-refractivity contribution in [3.8, 4) is 0 Å². The van der Waals surface area contributed by atoms with E-state index >= 15 is 0 Å². The topological polar surface area (TPSA) is 123 Å². The molecule has 0 aliphatic heterocycles. The van der Waals surface area contributed by atoms with Crippen LogP contribution in [0.4, 0.5) is 0 Å². The molecule has 3 rings (SSSR count). The second kappa shape index (κ2) is 7.94. The Kier molecular flexibility index (Phi) is 5.57. The Balaban J connectivity index is 1.87. The number of carbonyl (C=O) groups is 1. The molecule has 0 aliphatic carbocycles. The molecule has 0 spiro atoms. The highest BCUT2D eigenvalue weighted by Crippen LogP contribution is 2.13. The van der Waals surface area contributed by atoms with Crippen molar-refractivity contribution in [2.45, 2.75) is 11.8 Å². The maximum atomic E-state index is 12.6. The van der Waals surface area contributed by atoms with Crippen molar-refractivity contribution in [1.29, 1.82) is 0 Å². The first-order valence-electron chi connectivity index (χ1n) is 8.59. The molecule has 10 heteroatoms. The smallest absolute Gasteiger partial charge is 0.267 e. The summed E-state index contributed by atoms with van der Waals surface area (Å²) in [7, 11) is -0.718. The molecular weight excluding hydrogens is 394 g/mol. The van der Waals surface area contributed by atoms with Gasteiger partial charge in [-0.15, -0.1) is 0 Å². The van der Waals surface area contributed by atoms with Gasteiger partial charge >= 0.3 is 0 Å². The number of sulfonamides is 1. The van der Waals surface area contributed by atoms with Crippen molar-refractivity contribution in [2.24, 2.45) is 12.1 Å². The highest BCUT2D eigenvalue weighted by atomic mass is 32.2. The fourth-order valence-corrected chi connectivity index (χ4v) is 3.44. The molecule has 0 radical (unpaired) electrons. The fourth-order valence-electron chi connectivity index (χ4n) is 2.71. The number of hydrogen-bond donors (Lipinski definition) is 2. The summed E-state index contributed by atoms with van der Waals surface area (Å²) in [5, 5.41) is 8.93. The standard InChI is InChI=1S/C19H19N5O4S/c1-12(13-8-10-14(11-9-13)29(27,28)20-2)21-22-18(25)17-15-6-4-5-7-16(15)19(26)24(3)23-17/h4-11,20H,1-3H3,(H,22,25)/b21-12-. The minimum atomic E-state index is -3.53. The molecular formula is C19H19N5O4S. The van der Waals surface area contributed by atoms with E-state index in [-0.39, 0.29) is 16.1 Å². The number of hydrazone groups is 1. The van der Waals surface area contributed by atoms with Crippen LogP contribution in [0.15, 0.2) is 63.3 Å². The van der Waals surface area contributed by atoms with Crippen LogP contribution in [-0.2, 0) is 17.1 Å². The zero-order valence-electron chi connectivity index (χ0n) is 16.0. The highest BCUT2D eigenvalue weighted by Gasteiger charge is 2.15. The molecule has 3 aromatic rings. The van der Waals surface area contributed by atoms with Crippen LogP contribution in [0.25, 0.3) is 10.8 Å². The van der Waals surface area contributed by atoms with Gasteiger partial charge in [-0.05, 0) is 37.7 Å². The lowest BCUT2D eigenvalue weighted by atomic mass is 10.1. The van der Waals surface area contributed by atoms with Gasteiger partial charge in [0, 0.05) is 12.4 Å². The Morgan fingerprint density at radius 1 is 1.07 bits per heavy atom. The minimum absolute atomic E-state index is 0.0784. The maximum Gasteiger partial charge on any atom is 0.292 e. The number of fused-ring (bicyclic) bond motifs is 1. The fraction of sp³-hybridized carbons (Fsp3) is 0.158. The molecule has 1 aromatic heterocycles. The molecule has 2 aromatic carbocycles. The predicted octanol–water partition coefficient (Wildman–Crippen LogP) is 0.996. The predicted molar refractivity (Wildman–Crippen MR) is 109 cm³/mol. The van der Waals surface area contributed by atoms with E-state index in [1.807, 2.05) is 0 Å². The van der Waals surface area contributed by atoms with Gasteiger partial charge in [-0.25, -0.2) is 23.2 Å². The number of nitrogens with zero attached hydrogens (tertiary/aromatic N) is 3. The number of carbonyl (C=O) groups excluding carboxylic acids is 1. The summed E-state index contributed by atoms with van der Waals surface area (Å²) in [6.45, 7) is 1.67. The molecule has 9 nitrogen and oxygen atoms in total. The summed E-state index contributed by atoms with van der Waals surface area (Å²) in [4.78, 5) is 24.9. The van der Waals surface area contributed by atoms with Crippen molar-refractivity contribution in [2.75, 3.05) is 7.05 Å². The molecule has 0 atom stereocenters. The van der Waals surface area contributed by atoms with Gasteiger partial charge in [0.25, 0.3) is 11.5 Å². The van der Waals surface area contributed by atoms with Crippen LogP contribution in [0, 0.1) is 0 Å². The number of aryl methyl sites for hydroxylation is 1. The van der Waals surface area contributed by atoms with E-state index in [1.165, 1.54) is 26.2 Å². The van der Waals surface area contributed by atoms with Gasteiger partial charge in [0.1, 0.15) is 0 Å². The molecule has 1 heterocycles. The molecule has 0 saturated carbocycles. The lowest BCUT2D eigenvalue weighted by molar-refractivity contribution is 0.0949. The first-order valence-corrected chi connectivity index (χ1v) is 10.1. The summed E-state index contributed by atoms with van der Waals surface area (Å²) < 4.78 is 26.9. The number of aromatic nitrogens is 2. The van der Waals surface area contributed by atoms with E-state index in [0.29, 0.717) is 22.0 Å². The van der Waals surface area contributed by atoms with E-state index in [0.717, 1.165) is 4.68 Å². The lowest BCUT2D eigenvalue weighted by Crippen LogP contribution is -2.27.